The number of hydrogen-bond donors (Lipinski definition) is 0. The van der Waals surface area contributed by atoms with E-state index in [0.29, 0.717) is 18.4 Å². The van der Waals surface area contributed by atoms with E-state index in [4.69, 9.17) is 0 Å². The minimum Gasteiger partial charge on any atom is -0.434 e. The lowest BCUT2D eigenvalue weighted by Crippen LogP contribution is -2.03. The second-order valence-electron chi connectivity index (χ2n) is 5.24. The monoisotopic (exact) mass is 348 g/mol. The molecule has 0 saturated heterocycles. The van der Waals surface area contributed by atoms with Gasteiger partial charge in [-0.1, -0.05) is 6.07 Å². The largest absolute Gasteiger partial charge is 0.434 e. The predicted octanol–water partition coefficient (Wildman–Crippen LogP) is 4.48. The summed E-state index contributed by atoms with van der Waals surface area (Å²) in [5, 5.41) is 0.882. The first-order valence-corrected chi connectivity index (χ1v) is 8.12. The summed E-state index contributed by atoms with van der Waals surface area (Å²) in [6.45, 7) is -1.34. The number of alkyl halides is 2. The fraction of sp³-hybridized carbons (Fsp3) is 0.235. The van der Waals surface area contributed by atoms with Crippen LogP contribution in [-0.4, -0.2) is 22.4 Å². The van der Waals surface area contributed by atoms with Crippen LogP contribution in [0.3, 0.4) is 0 Å². The van der Waals surface area contributed by atoms with Gasteiger partial charge in [0, 0.05) is 30.8 Å². The first-order chi connectivity index (χ1) is 11.5. The van der Waals surface area contributed by atoms with Crippen molar-refractivity contribution in [3.8, 4) is 16.9 Å². The summed E-state index contributed by atoms with van der Waals surface area (Å²) < 4.78 is 30.6. The van der Waals surface area contributed by atoms with Gasteiger partial charge >= 0.3 is 6.61 Å². The molecule has 24 heavy (non-hydrogen) atoms. The molecule has 0 spiro atoms. The summed E-state index contributed by atoms with van der Waals surface area (Å²) in [5.41, 5.74) is 2.05. The van der Waals surface area contributed by atoms with Gasteiger partial charge in [0.2, 0.25) is 0 Å². The number of aryl methyl sites for hydroxylation is 1. The Kier molecular flexibility index (Phi) is 4.80. The molecule has 0 unspecified atom stereocenters. The van der Waals surface area contributed by atoms with E-state index in [1.165, 1.54) is 29.8 Å². The molecule has 1 aromatic carbocycles. The number of hydrogen-bond acceptors (Lipinski definition) is 5. The molecule has 0 N–H and O–H groups in total. The third kappa shape index (κ3) is 3.73. The van der Waals surface area contributed by atoms with Crippen molar-refractivity contribution in [1.29, 1.82) is 0 Å². The number of carbonyl (C=O) groups is 1. The van der Waals surface area contributed by atoms with Crippen molar-refractivity contribution in [1.82, 2.24) is 9.97 Å². The van der Waals surface area contributed by atoms with E-state index < -0.39 is 6.61 Å². The van der Waals surface area contributed by atoms with Gasteiger partial charge < -0.3 is 9.53 Å². The first-order valence-electron chi connectivity index (χ1n) is 7.31. The summed E-state index contributed by atoms with van der Waals surface area (Å²) in [5.74, 6) is 0.208. The van der Waals surface area contributed by atoms with Crippen LogP contribution in [0, 0.1) is 0 Å². The Bertz CT molecular complexity index is 880. The molecule has 4 nitrogen and oxygen atoms in total. The van der Waals surface area contributed by atoms with Crippen molar-refractivity contribution in [3.05, 3.63) is 41.7 Å². The van der Waals surface area contributed by atoms with E-state index in [0.717, 1.165) is 20.8 Å². The Hall–Kier alpha value is -2.41. The number of benzene rings is 1. The van der Waals surface area contributed by atoms with Gasteiger partial charge in [0.1, 0.15) is 11.5 Å². The zero-order valence-corrected chi connectivity index (χ0v) is 13.6. The Morgan fingerprint density at radius 3 is 2.92 bits per heavy atom. The molecule has 0 bridgehead atoms. The van der Waals surface area contributed by atoms with Crippen molar-refractivity contribution in [2.75, 3.05) is 0 Å². The molecule has 0 atom stereocenters. The molecule has 0 aliphatic heterocycles. The number of pyridine rings is 1. The van der Waals surface area contributed by atoms with Crippen LogP contribution in [0.15, 0.2) is 36.7 Å². The minimum atomic E-state index is -2.89. The maximum Gasteiger partial charge on any atom is 0.387 e. The lowest BCUT2D eigenvalue weighted by molar-refractivity contribution is -0.116. The molecule has 3 rings (SSSR count). The molecule has 0 radical (unpaired) electrons. The van der Waals surface area contributed by atoms with Crippen LogP contribution >= 0.6 is 11.3 Å². The van der Waals surface area contributed by atoms with E-state index in [1.807, 2.05) is 12.1 Å². The van der Waals surface area contributed by atoms with E-state index >= 15 is 0 Å². The molecular weight excluding hydrogens is 334 g/mol. The van der Waals surface area contributed by atoms with Gasteiger partial charge in [-0.15, -0.1) is 11.3 Å². The molecule has 2 heterocycles. The van der Waals surface area contributed by atoms with Gasteiger partial charge in [-0.2, -0.15) is 8.78 Å². The number of Topliss-reactive ketones (excluding diaryl/α,β-unsaturated/α-hetero) is 1. The molecule has 7 heteroatoms. The highest BCUT2D eigenvalue weighted by molar-refractivity contribution is 7.18. The van der Waals surface area contributed by atoms with Crippen LogP contribution < -0.4 is 4.74 Å². The van der Waals surface area contributed by atoms with E-state index in [9.17, 15) is 13.6 Å². The van der Waals surface area contributed by atoms with Crippen LogP contribution in [0.1, 0.15) is 18.4 Å². The molecule has 0 aliphatic carbocycles. The number of halogens is 2. The van der Waals surface area contributed by atoms with E-state index in [-0.39, 0.29) is 11.5 Å². The minimum absolute atomic E-state index is 0.0840. The fourth-order valence-electron chi connectivity index (χ4n) is 2.33. The fourth-order valence-corrected chi connectivity index (χ4v) is 3.33. The third-order valence-corrected chi connectivity index (χ3v) is 4.51. The highest BCUT2D eigenvalue weighted by Gasteiger charge is 2.13. The normalized spacial score (nSPS) is 11.2. The first kappa shape index (κ1) is 16.4. The van der Waals surface area contributed by atoms with Gasteiger partial charge in [-0.05, 0) is 30.7 Å². The van der Waals surface area contributed by atoms with Crippen molar-refractivity contribution in [2.45, 2.75) is 26.4 Å². The summed E-state index contributed by atoms with van der Waals surface area (Å²) >= 11 is 1.50. The van der Waals surface area contributed by atoms with Gasteiger partial charge in [-0.25, -0.2) is 4.98 Å². The van der Waals surface area contributed by atoms with Crippen LogP contribution in [0.4, 0.5) is 8.78 Å². The number of rotatable bonds is 6. The Balaban J connectivity index is 1.95. The molecule has 0 aliphatic rings. The number of ketones is 1. The lowest BCUT2D eigenvalue weighted by atomic mass is 10.1. The second-order valence-corrected chi connectivity index (χ2v) is 6.36. The standard InChI is InChI=1S/C17H14F2N2O2S/c1-10(22)2-5-16-21-13-4-3-11(8-15(13)24-16)12-9-20-7-6-14(12)23-17(18)19/h3-4,6-9,17H,2,5H2,1H3. The number of ether oxygens (including phenoxy) is 1. The third-order valence-electron chi connectivity index (χ3n) is 3.43. The van der Waals surface area contributed by atoms with Crippen LogP contribution in [0.25, 0.3) is 21.3 Å². The number of carbonyl (C=O) groups excluding carboxylic acids is 1. The van der Waals surface area contributed by atoms with Gasteiger partial charge in [-0.3, -0.25) is 4.98 Å². The number of aromatic nitrogens is 2. The quantitative estimate of drug-likeness (QED) is 0.659. The topological polar surface area (TPSA) is 52.1 Å². The molecule has 0 amide bonds. The van der Waals surface area contributed by atoms with Gasteiger partial charge in [0.05, 0.1) is 15.2 Å². The van der Waals surface area contributed by atoms with Crippen molar-refractivity contribution < 1.29 is 18.3 Å². The van der Waals surface area contributed by atoms with Gasteiger partial charge in [0.15, 0.2) is 0 Å². The Morgan fingerprint density at radius 2 is 2.17 bits per heavy atom. The van der Waals surface area contributed by atoms with E-state index in [1.54, 1.807) is 13.0 Å². The summed E-state index contributed by atoms with van der Waals surface area (Å²) in [6, 6.07) is 6.92. The van der Waals surface area contributed by atoms with Crippen molar-refractivity contribution >= 4 is 27.3 Å². The molecule has 2 aromatic heterocycles. The molecular formula is C17H14F2N2O2S. The molecule has 0 fully saturated rings. The summed E-state index contributed by atoms with van der Waals surface area (Å²) in [7, 11) is 0. The van der Waals surface area contributed by atoms with Crippen molar-refractivity contribution in [2.24, 2.45) is 0 Å². The van der Waals surface area contributed by atoms with Crippen LogP contribution in [-0.2, 0) is 11.2 Å². The second kappa shape index (κ2) is 7.00. The van der Waals surface area contributed by atoms with Crippen LogP contribution in [0.2, 0.25) is 0 Å². The Labute approximate surface area is 141 Å². The number of fused-ring (bicyclic) bond motifs is 1. The number of nitrogens with zero attached hydrogens (tertiary/aromatic N) is 2. The zero-order chi connectivity index (χ0) is 17.1. The van der Waals surface area contributed by atoms with E-state index in [2.05, 4.69) is 14.7 Å². The predicted molar refractivity (Wildman–Crippen MR) is 88.5 cm³/mol. The average Bonchev–Trinajstić information content (AvgIpc) is 2.95. The molecule has 0 saturated carbocycles. The summed E-state index contributed by atoms with van der Waals surface area (Å²) in [4.78, 5) is 19.6. The SMILES string of the molecule is CC(=O)CCc1nc2ccc(-c3cnccc3OC(F)F)cc2s1. The molecule has 3 aromatic rings. The smallest absolute Gasteiger partial charge is 0.387 e. The van der Waals surface area contributed by atoms with Crippen molar-refractivity contribution in [3.63, 3.8) is 0 Å². The Morgan fingerprint density at radius 1 is 1.33 bits per heavy atom. The maximum absolute atomic E-state index is 12.5. The highest BCUT2D eigenvalue weighted by Crippen LogP contribution is 2.33. The zero-order valence-electron chi connectivity index (χ0n) is 12.8. The lowest BCUT2D eigenvalue weighted by Gasteiger charge is -2.09. The summed E-state index contributed by atoms with van der Waals surface area (Å²) in [6.07, 6.45) is 3.97. The van der Waals surface area contributed by atoms with Gasteiger partial charge in [0.25, 0.3) is 0 Å². The maximum atomic E-state index is 12.5. The highest BCUT2D eigenvalue weighted by atomic mass is 32.1. The van der Waals surface area contributed by atoms with Crippen LogP contribution in [0.5, 0.6) is 5.75 Å². The average molecular weight is 348 g/mol. The molecule has 124 valence electrons. The number of thiazole rings is 1.